The Morgan fingerprint density at radius 2 is 2.25 bits per heavy atom. The van der Waals surface area contributed by atoms with Crippen molar-refractivity contribution >= 4 is 0 Å². The third-order valence-electron chi connectivity index (χ3n) is 2.73. The largest absolute Gasteiger partial charge is 0.393 e. The fourth-order valence-electron chi connectivity index (χ4n) is 1.62. The van der Waals surface area contributed by atoms with E-state index in [1.54, 1.807) is 0 Å². The number of nitrogens with one attached hydrogen (secondary N) is 1. The van der Waals surface area contributed by atoms with E-state index in [0.717, 1.165) is 25.9 Å². The van der Waals surface area contributed by atoms with E-state index in [1.807, 2.05) is 19.4 Å². The van der Waals surface area contributed by atoms with Crippen LogP contribution in [0, 0.1) is 0 Å². The smallest absolute Gasteiger partial charge is 0.0951 e. The van der Waals surface area contributed by atoms with Gasteiger partial charge in [-0.2, -0.15) is 0 Å². The van der Waals surface area contributed by atoms with Gasteiger partial charge in [0.05, 0.1) is 18.1 Å². The Hall–Kier alpha value is -0.870. The van der Waals surface area contributed by atoms with Crippen molar-refractivity contribution in [2.75, 3.05) is 6.54 Å². The monoisotopic (exact) mass is 225 g/mol. The Morgan fingerprint density at radius 3 is 2.88 bits per heavy atom. The van der Waals surface area contributed by atoms with Gasteiger partial charge in [0.15, 0.2) is 0 Å². The highest BCUT2D eigenvalue weighted by atomic mass is 16.3. The van der Waals surface area contributed by atoms with Crippen LogP contribution >= 0.6 is 0 Å². The first-order valence-corrected chi connectivity index (χ1v) is 6.04. The molecule has 16 heavy (non-hydrogen) atoms. The molecule has 1 aromatic rings. The predicted octanol–water partition coefficient (Wildman–Crippen LogP) is 1.71. The molecule has 1 heterocycles. The third-order valence-corrected chi connectivity index (χ3v) is 2.73. The molecule has 1 aromatic heterocycles. The van der Waals surface area contributed by atoms with Gasteiger partial charge in [-0.05, 0) is 33.2 Å². The molecule has 0 amide bonds. The highest BCUT2D eigenvalue weighted by Crippen LogP contribution is 2.08. The lowest BCUT2D eigenvalue weighted by Gasteiger charge is -2.13. The van der Waals surface area contributed by atoms with Crippen molar-refractivity contribution in [2.45, 2.75) is 52.3 Å². The van der Waals surface area contributed by atoms with E-state index in [9.17, 15) is 5.11 Å². The first kappa shape index (κ1) is 13.2. The molecule has 1 rings (SSSR count). The number of aliphatic hydroxyl groups excluding tert-OH is 1. The molecule has 1 atom stereocenters. The minimum atomic E-state index is -0.178. The van der Waals surface area contributed by atoms with Gasteiger partial charge in [0.1, 0.15) is 0 Å². The first-order chi connectivity index (χ1) is 7.65. The zero-order chi connectivity index (χ0) is 12.0. The Bertz CT molecular complexity index is 296. The SMILES string of the molecule is CCC(O)CCNCc1cncn1C(C)C. The second-order valence-corrected chi connectivity index (χ2v) is 4.41. The van der Waals surface area contributed by atoms with Crippen LogP contribution in [0.1, 0.15) is 45.3 Å². The summed E-state index contributed by atoms with van der Waals surface area (Å²) in [6.45, 7) is 7.95. The van der Waals surface area contributed by atoms with Crippen molar-refractivity contribution in [1.82, 2.24) is 14.9 Å². The van der Waals surface area contributed by atoms with E-state index in [4.69, 9.17) is 0 Å². The molecule has 0 aliphatic carbocycles. The number of rotatable bonds is 7. The molecule has 0 aliphatic heterocycles. The summed E-state index contributed by atoms with van der Waals surface area (Å²) < 4.78 is 2.16. The average Bonchev–Trinajstić information content (AvgIpc) is 2.72. The van der Waals surface area contributed by atoms with Crippen LogP contribution in [0.25, 0.3) is 0 Å². The summed E-state index contributed by atoms with van der Waals surface area (Å²) in [6.07, 6.45) is 5.21. The lowest BCUT2D eigenvalue weighted by Crippen LogP contribution is -2.21. The van der Waals surface area contributed by atoms with E-state index in [1.165, 1.54) is 5.69 Å². The number of hydrogen-bond donors (Lipinski definition) is 2. The zero-order valence-electron chi connectivity index (χ0n) is 10.5. The molecule has 4 heteroatoms. The van der Waals surface area contributed by atoms with Crippen molar-refractivity contribution in [3.8, 4) is 0 Å². The molecule has 0 saturated carbocycles. The van der Waals surface area contributed by atoms with Crippen LogP contribution in [-0.4, -0.2) is 27.3 Å². The van der Waals surface area contributed by atoms with E-state index >= 15 is 0 Å². The van der Waals surface area contributed by atoms with Crippen molar-refractivity contribution in [1.29, 1.82) is 0 Å². The maximum absolute atomic E-state index is 9.40. The van der Waals surface area contributed by atoms with Crippen molar-refractivity contribution in [2.24, 2.45) is 0 Å². The van der Waals surface area contributed by atoms with E-state index in [0.29, 0.717) is 6.04 Å². The Morgan fingerprint density at radius 1 is 1.50 bits per heavy atom. The van der Waals surface area contributed by atoms with Gasteiger partial charge in [-0.1, -0.05) is 6.92 Å². The van der Waals surface area contributed by atoms with Crippen LogP contribution in [0.3, 0.4) is 0 Å². The summed E-state index contributed by atoms with van der Waals surface area (Å²) in [5.41, 5.74) is 1.20. The molecule has 0 bridgehead atoms. The molecule has 0 radical (unpaired) electrons. The summed E-state index contributed by atoms with van der Waals surface area (Å²) in [5, 5.41) is 12.7. The normalized spacial score (nSPS) is 13.3. The Kier molecular flexibility index (Phi) is 5.49. The van der Waals surface area contributed by atoms with Gasteiger partial charge in [-0.25, -0.2) is 4.98 Å². The molecular formula is C12H23N3O. The summed E-state index contributed by atoms with van der Waals surface area (Å²) >= 11 is 0. The lowest BCUT2D eigenvalue weighted by molar-refractivity contribution is 0.159. The molecular weight excluding hydrogens is 202 g/mol. The molecule has 92 valence electrons. The molecule has 0 spiro atoms. The van der Waals surface area contributed by atoms with Gasteiger partial charge in [0, 0.05) is 18.8 Å². The number of imidazole rings is 1. The standard InChI is InChI=1S/C12H23N3O/c1-4-12(16)5-6-13-7-11-8-14-9-15(11)10(2)3/h8-10,12-13,16H,4-7H2,1-3H3. The zero-order valence-corrected chi connectivity index (χ0v) is 10.5. The molecule has 0 fully saturated rings. The van der Waals surface area contributed by atoms with Crippen LogP contribution < -0.4 is 5.32 Å². The van der Waals surface area contributed by atoms with Crippen molar-refractivity contribution in [3.05, 3.63) is 18.2 Å². The Balaban J connectivity index is 2.29. The highest BCUT2D eigenvalue weighted by molar-refractivity contribution is 4.99. The van der Waals surface area contributed by atoms with Gasteiger partial charge in [0.2, 0.25) is 0 Å². The summed E-state index contributed by atoms with van der Waals surface area (Å²) in [4.78, 5) is 4.15. The maximum atomic E-state index is 9.40. The van der Waals surface area contributed by atoms with Gasteiger partial charge < -0.3 is 15.0 Å². The van der Waals surface area contributed by atoms with Crippen molar-refractivity contribution in [3.63, 3.8) is 0 Å². The van der Waals surface area contributed by atoms with Crippen molar-refractivity contribution < 1.29 is 5.11 Å². The fraction of sp³-hybridized carbons (Fsp3) is 0.750. The summed E-state index contributed by atoms with van der Waals surface area (Å²) in [5.74, 6) is 0. The average molecular weight is 225 g/mol. The van der Waals surface area contributed by atoms with Crippen LogP contribution in [0.4, 0.5) is 0 Å². The molecule has 4 nitrogen and oxygen atoms in total. The van der Waals surface area contributed by atoms with E-state index in [-0.39, 0.29) is 6.10 Å². The highest BCUT2D eigenvalue weighted by Gasteiger charge is 2.05. The topological polar surface area (TPSA) is 50.1 Å². The fourth-order valence-corrected chi connectivity index (χ4v) is 1.62. The van der Waals surface area contributed by atoms with Gasteiger partial charge >= 0.3 is 0 Å². The first-order valence-electron chi connectivity index (χ1n) is 6.04. The summed E-state index contributed by atoms with van der Waals surface area (Å²) in [7, 11) is 0. The molecule has 0 aromatic carbocycles. The van der Waals surface area contributed by atoms with Gasteiger partial charge in [-0.3, -0.25) is 0 Å². The van der Waals surface area contributed by atoms with Crippen LogP contribution in [0.2, 0.25) is 0 Å². The number of nitrogens with zero attached hydrogens (tertiary/aromatic N) is 2. The Labute approximate surface area is 97.7 Å². The second-order valence-electron chi connectivity index (χ2n) is 4.41. The molecule has 0 aliphatic rings. The van der Waals surface area contributed by atoms with Gasteiger partial charge in [0.25, 0.3) is 0 Å². The third kappa shape index (κ3) is 3.94. The van der Waals surface area contributed by atoms with E-state index < -0.39 is 0 Å². The second kappa shape index (κ2) is 6.66. The number of aliphatic hydroxyl groups is 1. The van der Waals surface area contributed by atoms with E-state index in [2.05, 4.69) is 28.7 Å². The number of hydrogen-bond acceptors (Lipinski definition) is 3. The van der Waals surface area contributed by atoms with Crippen LogP contribution in [0.15, 0.2) is 12.5 Å². The minimum Gasteiger partial charge on any atom is -0.393 e. The van der Waals surface area contributed by atoms with Crippen LogP contribution in [0.5, 0.6) is 0 Å². The summed E-state index contributed by atoms with van der Waals surface area (Å²) in [6, 6.07) is 0.445. The van der Waals surface area contributed by atoms with Crippen LogP contribution in [-0.2, 0) is 6.54 Å². The van der Waals surface area contributed by atoms with Gasteiger partial charge in [-0.15, -0.1) is 0 Å². The number of aromatic nitrogens is 2. The lowest BCUT2D eigenvalue weighted by atomic mass is 10.2. The molecule has 2 N–H and O–H groups in total. The maximum Gasteiger partial charge on any atom is 0.0951 e. The molecule has 1 unspecified atom stereocenters. The minimum absolute atomic E-state index is 0.178. The predicted molar refractivity (Wildman–Crippen MR) is 65.2 cm³/mol. The molecule has 0 saturated heterocycles. The quantitative estimate of drug-likeness (QED) is 0.695.